The Morgan fingerprint density at radius 1 is 1.26 bits per heavy atom. The molecule has 1 aliphatic rings. The van der Waals surface area contributed by atoms with Gasteiger partial charge in [-0.3, -0.25) is 9.36 Å². The van der Waals surface area contributed by atoms with Crippen LogP contribution in [0.1, 0.15) is 19.3 Å². The molecule has 1 N–H and O–H groups in total. The van der Waals surface area contributed by atoms with Crippen LogP contribution in [0.5, 0.6) is 0 Å². The lowest BCUT2D eigenvalue weighted by Gasteiger charge is -2.32. The zero-order chi connectivity index (χ0) is 14.0. The van der Waals surface area contributed by atoms with Gasteiger partial charge in [0.1, 0.15) is 0 Å². The van der Waals surface area contributed by atoms with Gasteiger partial charge in [-0.15, -0.1) is 5.10 Å². The second kappa shape index (κ2) is 5.56. The Bertz CT molecular complexity index is 562. The molecule has 19 heavy (non-hydrogen) atoms. The molecule has 1 aliphatic heterocycles. The molecule has 2 heterocycles. The molecule has 0 aliphatic carbocycles. The van der Waals surface area contributed by atoms with Crippen molar-refractivity contribution >= 4 is 5.82 Å². The maximum Gasteiger partial charge on any atom is 0.346 e. The van der Waals surface area contributed by atoms with E-state index < -0.39 is 5.69 Å². The lowest BCUT2D eigenvalue weighted by atomic mass is 10.0. The van der Waals surface area contributed by atoms with Crippen LogP contribution < -0.4 is 16.6 Å². The number of likely N-dealkylation sites (tertiary alicyclic amines) is 1. The molecule has 0 spiro atoms. The maximum atomic E-state index is 11.9. The van der Waals surface area contributed by atoms with Crippen LogP contribution >= 0.6 is 0 Å². The van der Waals surface area contributed by atoms with Gasteiger partial charge in [0.25, 0.3) is 5.56 Å². The van der Waals surface area contributed by atoms with Gasteiger partial charge in [-0.2, -0.15) is 0 Å². The molecule has 2 rings (SSSR count). The van der Waals surface area contributed by atoms with E-state index in [9.17, 15) is 9.59 Å². The predicted octanol–water partition coefficient (Wildman–Crippen LogP) is -0.625. The molecule has 7 nitrogen and oxygen atoms in total. The van der Waals surface area contributed by atoms with E-state index in [2.05, 4.69) is 22.4 Å². The van der Waals surface area contributed by atoms with Gasteiger partial charge >= 0.3 is 5.69 Å². The average Bonchev–Trinajstić information content (AvgIpc) is 2.40. The highest BCUT2D eigenvalue weighted by atomic mass is 16.2. The first-order valence-corrected chi connectivity index (χ1v) is 6.59. The van der Waals surface area contributed by atoms with Crippen molar-refractivity contribution in [3.63, 3.8) is 0 Å². The Morgan fingerprint density at radius 3 is 2.68 bits per heavy atom. The zero-order valence-electron chi connectivity index (χ0n) is 11.7. The number of aryl methyl sites for hydroxylation is 1. The van der Waals surface area contributed by atoms with Crippen LogP contribution in [0.15, 0.2) is 9.59 Å². The van der Waals surface area contributed by atoms with Crippen molar-refractivity contribution in [3.8, 4) is 0 Å². The summed E-state index contributed by atoms with van der Waals surface area (Å²) in [6.07, 6.45) is 3.57. The van der Waals surface area contributed by atoms with Gasteiger partial charge in [0.2, 0.25) is 5.82 Å². The van der Waals surface area contributed by atoms with Crippen molar-refractivity contribution in [2.24, 2.45) is 14.1 Å². The highest BCUT2D eigenvalue weighted by Gasteiger charge is 2.19. The third-order valence-corrected chi connectivity index (χ3v) is 3.75. The molecule has 1 saturated heterocycles. The van der Waals surface area contributed by atoms with Crippen molar-refractivity contribution in [2.75, 3.05) is 25.5 Å². The van der Waals surface area contributed by atoms with E-state index in [1.807, 2.05) is 0 Å². The summed E-state index contributed by atoms with van der Waals surface area (Å²) in [6, 6.07) is 0.414. The van der Waals surface area contributed by atoms with Crippen LogP contribution in [-0.2, 0) is 14.1 Å². The number of aromatic nitrogens is 3. The molecule has 1 fully saturated rings. The van der Waals surface area contributed by atoms with Crippen molar-refractivity contribution in [1.29, 1.82) is 0 Å². The monoisotopic (exact) mass is 267 g/mol. The first-order chi connectivity index (χ1) is 9.00. The fourth-order valence-corrected chi connectivity index (χ4v) is 2.43. The summed E-state index contributed by atoms with van der Waals surface area (Å²) >= 11 is 0. The van der Waals surface area contributed by atoms with Crippen LogP contribution in [0, 0.1) is 0 Å². The third kappa shape index (κ3) is 2.86. The van der Waals surface area contributed by atoms with E-state index in [-0.39, 0.29) is 11.4 Å². The van der Waals surface area contributed by atoms with Crippen molar-refractivity contribution in [1.82, 2.24) is 19.2 Å². The highest BCUT2D eigenvalue weighted by Crippen LogP contribution is 2.14. The number of likely N-dealkylation sites (N-methyl/N-ethyl adjacent to an activating group) is 1. The van der Waals surface area contributed by atoms with Gasteiger partial charge in [0.05, 0.1) is 0 Å². The lowest BCUT2D eigenvalue weighted by molar-refractivity contribution is 0.194. The molecule has 0 radical (unpaired) electrons. The molecule has 1 aromatic heterocycles. The summed E-state index contributed by atoms with van der Waals surface area (Å²) < 4.78 is 2.24. The van der Waals surface area contributed by atoms with Gasteiger partial charge in [0, 0.05) is 26.7 Å². The summed E-state index contributed by atoms with van der Waals surface area (Å²) in [5.74, 6) is 0.239. The van der Waals surface area contributed by atoms with Crippen molar-refractivity contribution < 1.29 is 0 Å². The first kappa shape index (κ1) is 13.8. The standard InChI is InChI=1S/C12H21N5O2/c1-15-7-5-4-6-9(15)8-13-10-11(18)16(2)12(19)17(3)14-10/h9H,4-8H2,1-3H3,(H,13,14). The minimum absolute atomic E-state index is 0.239. The number of nitrogens with zero attached hydrogens (tertiary/aromatic N) is 4. The number of nitrogens with one attached hydrogen (secondary N) is 1. The third-order valence-electron chi connectivity index (χ3n) is 3.75. The fourth-order valence-electron chi connectivity index (χ4n) is 2.43. The molecule has 1 unspecified atom stereocenters. The van der Waals surface area contributed by atoms with Gasteiger partial charge in [0.15, 0.2) is 0 Å². The number of hydrogen-bond acceptors (Lipinski definition) is 5. The number of piperidine rings is 1. The van der Waals surface area contributed by atoms with Crippen molar-refractivity contribution in [3.05, 3.63) is 20.8 Å². The Kier molecular flexibility index (Phi) is 4.04. The topological polar surface area (TPSA) is 72.2 Å². The highest BCUT2D eigenvalue weighted by molar-refractivity contribution is 5.29. The molecular formula is C12H21N5O2. The predicted molar refractivity (Wildman–Crippen MR) is 73.5 cm³/mol. The summed E-state index contributed by atoms with van der Waals surface area (Å²) in [5, 5.41) is 7.06. The van der Waals surface area contributed by atoms with Gasteiger partial charge in [-0.05, 0) is 26.4 Å². The average molecular weight is 267 g/mol. The van der Waals surface area contributed by atoms with E-state index in [1.165, 1.54) is 24.6 Å². The number of rotatable bonds is 3. The Morgan fingerprint density at radius 2 is 2.00 bits per heavy atom. The summed E-state index contributed by atoms with van der Waals surface area (Å²) in [4.78, 5) is 25.7. The van der Waals surface area contributed by atoms with E-state index in [4.69, 9.17) is 0 Å². The fraction of sp³-hybridized carbons (Fsp3) is 0.750. The summed E-state index contributed by atoms with van der Waals surface area (Å²) in [6.45, 7) is 1.77. The zero-order valence-corrected chi connectivity index (χ0v) is 11.7. The van der Waals surface area contributed by atoms with Crippen LogP contribution in [0.25, 0.3) is 0 Å². The largest absolute Gasteiger partial charge is 0.362 e. The van der Waals surface area contributed by atoms with Crippen molar-refractivity contribution in [2.45, 2.75) is 25.3 Å². The summed E-state index contributed by atoms with van der Waals surface area (Å²) in [7, 11) is 5.10. The van der Waals surface area contributed by atoms with E-state index in [0.717, 1.165) is 17.5 Å². The van der Waals surface area contributed by atoms with Gasteiger partial charge in [-0.1, -0.05) is 6.42 Å². The minimum atomic E-state index is -0.412. The molecule has 7 heteroatoms. The van der Waals surface area contributed by atoms with E-state index in [1.54, 1.807) is 7.05 Å². The first-order valence-electron chi connectivity index (χ1n) is 6.59. The molecule has 1 aromatic rings. The molecule has 0 bridgehead atoms. The minimum Gasteiger partial charge on any atom is -0.362 e. The van der Waals surface area contributed by atoms with Gasteiger partial charge in [-0.25, -0.2) is 9.48 Å². The second-order valence-electron chi connectivity index (χ2n) is 5.13. The molecule has 1 atom stereocenters. The molecule has 0 saturated carbocycles. The number of hydrogen-bond donors (Lipinski definition) is 1. The Balaban J connectivity index is 2.12. The Labute approximate surface area is 111 Å². The normalized spacial score (nSPS) is 20.5. The summed E-state index contributed by atoms with van der Waals surface area (Å²) in [5.41, 5.74) is -0.785. The maximum absolute atomic E-state index is 11.9. The van der Waals surface area contributed by atoms with Crippen LogP contribution in [0.3, 0.4) is 0 Å². The van der Waals surface area contributed by atoms with Crippen LogP contribution in [0.2, 0.25) is 0 Å². The molecule has 106 valence electrons. The molecule has 0 amide bonds. The Hall–Kier alpha value is -1.63. The lowest BCUT2D eigenvalue weighted by Crippen LogP contribution is -2.44. The molecule has 0 aromatic carbocycles. The van der Waals surface area contributed by atoms with Gasteiger partial charge < -0.3 is 10.2 Å². The molecular weight excluding hydrogens is 246 g/mol. The smallest absolute Gasteiger partial charge is 0.346 e. The SMILES string of the molecule is CN1CCCCC1CNc1nn(C)c(=O)n(C)c1=O. The van der Waals surface area contributed by atoms with E-state index in [0.29, 0.717) is 12.6 Å². The van der Waals surface area contributed by atoms with Crippen LogP contribution in [0.4, 0.5) is 5.82 Å². The van der Waals surface area contributed by atoms with Crippen LogP contribution in [-0.4, -0.2) is 45.4 Å². The number of anilines is 1. The van der Waals surface area contributed by atoms with E-state index >= 15 is 0 Å². The quantitative estimate of drug-likeness (QED) is 0.790. The second-order valence-corrected chi connectivity index (χ2v) is 5.13.